The van der Waals surface area contributed by atoms with Gasteiger partial charge in [-0.3, -0.25) is 9.78 Å². The number of amides is 1. The van der Waals surface area contributed by atoms with Crippen LogP contribution in [0.5, 0.6) is 0 Å². The van der Waals surface area contributed by atoms with Gasteiger partial charge in [0.25, 0.3) is 0 Å². The van der Waals surface area contributed by atoms with Gasteiger partial charge < -0.3 is 9.80 Å². The van der Waals surface area contributed by atoms with Crippen LogP contribution in [-0.2, 0) is 11.2 Å². The molecule has 1 amide bonds. The standard InChI is InChI=1S/C18H21N3O/c1-15-2-4-16(5-3-15)14-18(22)21-12-10-20(11-13-21)17-6-8-19-9-7-17/h2-9H,10-14H2,1H3. The lowest BCUT2D eigenvalue weighted by atomic mass is 10.1. The number of aryl methyl sites for hydroxylation is 1. The predicted octanol–water partition coefficient (Wildman–Crippen LogP) is 2.28. The molecule has 2 heterocycles. The molecule has 114 valence electrons. The Bertz CT molecular complexity index is 617. The third kappa shape index (κ3) is 3.45. The third-order valence-electron chi connectivity index (χ3n) is 4.14. The van der Waals surface area contributed by atoms with Gasteiger partial charge in [0, 0.05) is 44.3 Å². The van der Waals surface area contributed by atoms with Gasteiger partial charge >= 0.3 is 0 Å². The van der Waals surface area contributed by atoms with Crippen molar-refractivity contribution >= 4 is 11.6 Å². The summed E-state index contributed by atoms with van der Waals surface area (Å²) < 4.78 is 0. The van der Waals surface area contributed by atoms with E-state index in [2.05, 4.69) is 28.9 Å². The van der Waals surface area contributed by atoms with Crippen molar-refractivity contribution in [3.8, 4) is 0 Å². The summed E-state index contributed by atoms with van der Waals surface area (Å²) in [4.78, 5) is 20.7. The minimum atomic E-state index is 0.221. The molecule has 0 radical (unpaired) electrons. The van der Waals surface area contributed by atoms with E-state index >= 15 is 0 Å². The molecule has 0 spiro atoms. The van der Waals surface area contributed by atoms with Crippen LogP contribution in [0.15, 0.2) is 48.8 Å². The third-order valence-corrected chi connectivity index (χ3v) is 4.14. The number of carbonyl (C=O) groups is 1. The maximum Gasteiger partial charge on any atom is 0.227 e. The number of anilines is 1. The van der Waals surface area contributed by atoms with Gasteiger partial charge in [0.1, 0.15) is 0 Å². The smallest absolute Gasteiger partial charge is 0.227 e. The monoisotopic (exact) mass is 295 g/mol. The molecule has 3 rings (SSSR count). The van der Waals surface area contributed by atoms with Crippen molar-refractivity contribution < 1.29 is 4.79 Å². The van der Waals surface area contributed by atoms with Crippen LogP contribution < -0.4 is 4.90 Å². The molecule has 1 saturated heterocycles. The number of nitrogens with zero attached hydrogens (tertiary/aromatic N) is 3. The van der Waals surface area contributed by atoms with Gasteiger partial charge in [0.05, 0.1) is 6.42 Å². The lowest BCUT2D eigenvalue weighted by Crippen LogP contribution is -2.49. The number of pyridine rings is 1. The number of carbonyl (C=O) groups excluding carboxylic acids is 1. The highest BCUT2D eigenvalue weighted by Crippen LogP contribution is 2.15. The quantitative estimate of drug-likeness (QED) is 0.871. The number of hydrogen-bond acceptors (Lipinski definition) is 3. The normalized spacial score (nSPS) is 15.0. The van der Waals surface area contributed by atoms with E-state index in [4.69, 9.17) is 0 Å². The molecule has 4 heteroatoms. The number of piperazine rings is 1. The van der Waals surface area contributed by atoms with Gasteiger partial charge in [-0.15, -0.1) is 0 Å². The molecule has 0 unspecified atom stereocenters. The maximum atomic E-state index is 12.4. The Hall–Kier alpha value is -2.36. The summed E-state index contributed by atoms with van der Waals surface area (Å²) in [6, 6.07) is 12.2. The average molecular weight is 295 g/mol. The zero-order valence-corrected chi connectivity index (χ0v) is 12.9. The van der Waals surface area contributed by atoms with Crippen molar-refractivity contribution in [2.75, 3.05) is 31.1 Å². The first kappa shape index (κ1) is 14.6. The van der Waals surface area contributed by atoms with Crippen molar-refractivity contribution in [2.45, 2.75) is 13.3 Å². The molecule has 1 aliphatic heterocycles. The van der Waals surface area contributed by atoms with Gasteiger partial charge in [0.2, 0.25) is 5.91 Å². The summed E-state index contributed by atoms with van der Waals surface area (Å²) in [5.74, 6) is 0.221. The van der Waals surface area contributed by atoms with Crippen LogP contribution >= 0.6 is 0 Å². The van der Waals surface area contributed by atoms with E-state index in [9.17, 15) is 4.79 Å². The summed E-state index contributed by atoms with van der Waals surface area (Å²) in [6.07, 6.45) is 4.12. The maximum absolute atomic E-state index is 12.4. The van der Waals surface area contributed by atoms with Crippen LogP contribution in [0.1, 0.15) is 11.1 Å². The number of rotatable bonds is 3. The molecule has 1 aliphatic rings. The molecule has 0 atom stereocenters. The van der Waals surface area contributed by atoms with Gasteiger partial charge in [-0.2, -0.15) is 0 Å². The number of hydrogen-bond donors (Lipinski definition) is 0. The fourth-order valence-electron chi connectivity index (χ4n) is 2.76. The largest absolute Gasteiger partial charge is 0.368 e. The Kier molecular flexibility index (Phi) is 4.37. The molecule has 0 aliphatic carbocycles. The van der Waals surface area contributed by atoms with Crippen LogP contribution in [0.3, 0.4) is 0 Å². The summed E-state index contributed by atoms with van der Waals surface area (Å²) >= 11 is 0. The average Bonchev–Trinajstić information content (AvgIpc) is 2.58. The first-order valence-corrected chi connectivity index (χ1v) is 7.71. The summed E-state index contributed by atoms with van der Waals surface area (Å²) in [7, 11) is 0. The first-order valence-electron chi connectivity index (χ1n) is 7.71. The van der Waals surface area contributed by atoms with Crippen LogP contribution in [0, 0.1) is 6.92 Å². The zero-order valence-electron chi connectivity index (χ0n) is 12.9. The van der Waals surface area contributed by atoms with E-state index in [1.54, 1.807) is 0 Å². The second-order valence-electron chi connectivity index (χ2n) is 5.74. The molecule has 2 aromatic rings. The molecule has 22 heavy (non-hydrogen) atoms. The van der Waals surface area contributed by atoms with E-state index in [1.807, 2.05) is 41.6 Å². The lowest BCUT2D eigenvalue weighted by molar-refractivity contribution is -0.130. The molecular formula is C18H21N3O. The fraction of sp³-hybridized carbons (Fsp3) is 0.333. The molecule has 1 aromatic heterocycles. The minimum absolute atomic E-state index is 0.221. The van der Waals surface area contributed by atoms with E-state index in [0.29, 0.717) is 6.42 Å². The van der Waals surface area contributed by atoms with E-state index < -0.39 is 0 Å². The highest BCUT2D eigenvalue weighted by molar-refractivity contribution is 5.79. The van der Waals surface area contributed by atoms with E-state index in [1.165, 1.54) is 11.3 Å². The Morgan fingerprint density at radius 2 is 1.64 bits per heavy atom. The first-order chi connectivity index (χ1) is 10.7. The second kappa shape index (κ2) is 6.60. The number of aromatic nitrogens is 1. The van der Waals surface area contributed by atoms with Crippen molar-refractivity contribution in [1.29, 1.82) is 0 Å². The molecule has 0 bridgehead atoms. The van der Waals surface area contributed by atoms with E-state index in [-0.39, 0.29) is 5.91 Å². The molecule has 0 N–H and O–H groups in total. The van der Waals surface area contributed by atoms with Gasteiger partial charge in [0.15, 0.2) is 0 Å². The van der Waals surface area contributed by atoms with Gasteiger partial charge in [-0.25, -0.2) is 0 Å². The van der Waals surface area contributed by atoms with Crippen molar-refractivity contribution in [1.82, 2.24) is 9.88 Å². The van der Waals surface area contributed by atoms with Crippen molar-refractivity contribution in [3.05, 3.63) is 59.9 Å². The van der Waals surface area contributed by atoms with Crippen molar-refractivity contribution in [3.63, 3.8) is 0 Å². The fourth-order valence-corrected chi connectivity index (χ4v) is 2.76. The molecule has 1 aromatic carbocycles. The summed E-state index contributed by atoms with van der Waals surface area (Å²) in [6.45, 7) is 5.39. The Labute approximate surface area is 131 Å². The topological polar surface area (TPSA) is 36.4 Å². The Balaban J connectivity index is 1.54. The second-order valence-corrected chi connectivity index (χ2v) is 5.74. The summed E-state index contributed by atoms with van der Waals surface area (Å²) in [5.41, 5.74) is 3.50. The Morgan fingerprint density at radius 1 is 1.00 bits per heavy atom. The molecule has 1 fully saturated rings. The van der Waals surface area contributed by atoms with Crippen LogP contribution in [0.25, 0.3) is 0 Å². The van der Waals surface area contributed by atoms with Gasteiger partial charge in [-0.05, 0) is 24.6 Å². The lowest BCUT2D eigenvalue weighted by Gasteiger charge is -2.36. The minimum Gasteiger partial charge on any atom is -0.368 e. The highest BCUT2D eigenvalue weighted by atomic mass is 16.2. The summed E-state index contributed by atoms with van der Waals surface area (Å²) in [5, 5.41) is 0. The SMILES string of the molecule is Cc1ccc(CC(=O)N2CCN(c3ccncc3)CC2)cc1. The van der Waals surface area contributed by atoms with Crippen LogP contribution in [0.4, 0.5) is 5.69 Å². The Morgan fingerprint density at radius 3 is 2.27 bits per heavy atom. The zero-order chi connectivity index (χ0) is 15.4. The van der Waals surface area contributed by atoms with Crippen LogP contribution in [-0.4, -0.2) is 42.0 Å². The van der Waals surface area contributed by atoms with E-state index in [0.717, 1.165) is 31.7 Å². The predicted molar refractivity (Wildman–Crippen MR) is 87.9 cm³/mol. The highest BCUT2D eigenvalue weighted by Gasteiger charge is 2.21. The number of benzene rings is 1. The molecular weight excluding hydrogens is 274 g/mol. The molecule has 4 nitrogen and oxygen atoms in total. The van der Waals surface area contributed by atoms with Gasteiger partial charge in [-0.1, -0.05) is 29.8 Å². The van der Waals surface area contributed by atoms with Crippen molar-refractivity contribution in [2.24, 2.45) is 0 Å². The molecule has 0 saturated carbocycles. The van der Waals surface area contributed by atoms with Crippen LogP contribution in [0.2, 0.25) is 0 Å².